The van der Waals surface area contributed by atoms with E-state index in [1.807, 2.05) is 24.3 Å². The molecule has 2 amide bonds. The fourth-order valence-electron chi connectivity index (χ4n) is 3.57. The predicted octanol–water partition coefficient (Wildman–Crippen LogP) is 2.98. The molecule has 7 nitrogen and oxygen atoms in total. The summed E-state index contributed by atoms with van der Waals surface area (Å²) in [6.45, 7) is 0. The lowest BCUT2D eigenvalue weighted by atomic mass is 10.0. The normalized spacial score (nSPS) is 13.2. The van der Waals surface area contributed by atoms with Gasteiger partial charge in [-0.3, -0.25) is 14.9 Å². The summed E-state index contributed by atoms with van der Waals surface area (Å²) in [4.78, 5) is 32.4. The first-order valence-electron chi connectivity index (χ1n) is 8.26. The second-order valence-corrected chi connectivity index (χ2v) is 6.27. The number of H-pyrrole nitrogens is 1. The molecular formula is C20H13N3O4. The van der Waals surface area contributed by atoms with Crippen LogP contribution in [0, 0.1) is 0 Å². The summed E-state index contributed by atoms with van der Waals surface area (Å²) in [6, 6.07) is 12.4. The van der Waals surface area contributed by atoms with E-state index in [0.717, 1.165) is 10.9 Å². The summed E-state index contributed by atoms with van der Waals surface area (Å²) in [5, 5.41) is 13.7. The molecule has 3 heterocycles. The van der Waals surface area contributed by atoms with Crippen LogP contribution < -0.4 is 10.1 Å². The number of carbonyl (C=O) groups excluding carboxylic acids is 2. The molecular weight excluding hydrogens is 346 g/mol. The third-order valence-electron chi connectivity index (χ3n) is 4.78. The number of carbonyl (C=O) groups is 2. The monoisotopic (exact) mass is 359 g/mol. The summed E-state index contributed by atoms with van der Waals surface area (Å²) in [7, 11) is 1.46. The number of fused-ring (bicyclic) bond motifs is 5. The van der Waals surface area contributed by atoms with Gasteiger partial charge in [0.2, 0.25) is 0 Å². The van der Waals surface area contributed by atoms with Gasteiger partial charge in [-0.15, -0.1) is 0 Å². The van der Waals surface area contributed by atoms with Gasteiger partial charge in [0.25, 0.3) is 11.8 Å². The number of aromatic nitrogens is 2. The summed E-state index contributed by atoms with van der Waals surface area (Å²) in [6.07, 6.45) is 0. The van der Waals surface area contributed by atoms with E-state index in [-0.39, 0.29) is 17.0 Å². The van der Waals surface area contributed by atoms with Crippen molar-refractivity contribution < 1.29 is 19.4 Å². The Labute approximate surface area is 152 Å². The lowest BCUT2D eigenvalue weighted by molar-refractivity contribution is 0.0878. The van der Waals surface area contributed by atoms with Crippen molar-refractivity contribution in [3.8, 4) is 22.8 Å². The number of nitrogens with one attached hydrogen (secondary N) is 2. The Balaban J connectivity index is 1.94. The summed E-state index contributed by atoms with van der Waals surface area (Å²) < 4.78 is 5.19. The van der Waals surface area contributed by atoms with Gasteiger partial charge < -0.3 is 14.8 Å². The van der Waals surface area contributed by atoms with Crippen LogP contribution >= 0.6 is 0 Å². The van der Waals surface area contributed by atoms with E-state index in [4.69, 9.17) is 4.74 Å². The maximum atomic E-state index is 12.4. The third-order valence-corrected chi connectivity index (χ3v) is 4.78. The zero-order valence-corrected chi connectivity index (χ0v) is 14.2. The van der Waals surface area contributed by atoms with Crippen molar-refractivity contribution in [3.05, 3.63) is 53.7 Å². The van der Waals surface area contributed by atoms with Crippen LogP contribution in [0.1, 0.15) is 20.8 Å². The van der Waals surface area contributed by atoms with Crippen LogP contribution in [0.2, 0.25) is 0 Å². The number of aromatic amines is 1. The van der Waals surface area contributed by atoms with E-state index in [9.17, 15) is 14.7 Å². The fourth-order valence-corrected chi connectivity index (χ4v) is 3.57. The number of imide groups is 1. The van der Waals surface area contributed by atoms with Gasteiger partial charge in [-0.05, 0) is 24.3 Å². The van der Waals surface area contributed by atoms with Crippen LogP contribution in [0.25, 0.3) is 33.1 Å². The van der Waals surface area contributed by atoms with Crippen LogP contribution in [0.4, 0.5) is 0 Å². The van der Waals surface area contributed by atoms with E-state index in [2.05, 4.69) is 15.3 Å². The highest BCUT2D eigenvalue weighted by atomic mass is 16.5. The predicted molar refractivity (Wildman–Crippen MR) is 99.0 cm³/mol. The molecule has 3 N–H and O–H groups in total. The molecule has 0 saturated carbocycles. The largest absolute Gasteiger partial charge is 0.504 e. The average Bonchev–Trinajstić information content (AvgIpc) is 3.19. The minimum Gasteiger partial charge on any atom is -0.504 e. The zero-order valence-electron chi connectivity index (χ0n) is 14.2. The number of ether oxygens (including phenoxy) is 1. The van der Waals surface area contributed by atoms with Gasteiger partial charge in [-0.1, -0.05) is 18.2 Å². The van der Waals surface area contributed by atoms with Crippen LogP contribution in [-0.2, 0) is 0 Å². The number of hydrogen-bond acceptors (Lipinski definition) is 5. The van der Waals surface area contributed by atoms with Crippen molar-refractivity contribution in [2.75, 3.05) is 7.11 Å². The quantitative estimate of drug-likeness (QED) is 0.477. The third kappa shape index (κ3) is 2.05. The van der Waals surface area contributed by atoms with Crippen molar-refractivity contribution in [1.29, 1.82) is 0 Å². The van der Waals surface area contributed by atoms with Crippen molar-refractivity contribution in [3.63, 3.8) is 0 Å². The molecule has 0 unspecified atom stereocenters. The molecule has 132 valence electrons. The highest BCUT2D eigenvalue weighted by Crippen LogP contribution is 2.39. The lowest BCUT2D eigenvalue weighted by Gasteiger charge is -2.09. The number of hydrogen-bond donors (Lipinski definition) is 3. The minimum atomic E-state index is -0.519. The molecule has 0 radical (unpaired) electrons. The first-order chi connectivity index (χ1) is 13.1. The zero-order chi connectivity index (χ0) is 18.7. The molecule has 0 atom stereocenters. The maximum Gasteiger partial charge on any atom is 0.277 e. The van der Waals surface area contributed by atoms with Gasteiger partial charge in [0.05, 0.1) is 23.9 Å². The molecule has 1 aliphatic heterocycles. The van der Waals surface area contributed by atoms with Crippen molar-refractivity contribution >= 4 is 33.6 Å². The Morgan fingerprint density at radius 3 is 2.67 bits per heavy atom. The Morgan fingerprint density at radius 1 is 1.04 bits per heavy atom. The summed E-state index contributed by atoms with van der Waals surface area (Å²) in [5.41, 5.74) is 3.01. The lowest BCUT2D eigenvalue weighted by Crippen LogP contribution is -2.20. The van der Waals surface area contributed by atoms with Crippen LogP contribution in [0.15, 0.2) is 42.5 Å². The number of methoxy groups -OCH3 is 1. The molecule has 0 bridgehead atoms. The summed E-state index contributed by atoms with van der Waals surface area (Å²) >= 11 is 0. The van der Waals surface area contributed by atoms with Crippen LogP contribution in [0.3, 0.4) is 0 Å². The number of pyridine rings is 1. The topological polar surface area (TPSA) is 104 Å². The molecule has 0 spiro atoms. The average molecular weight is 359 g/mol. The molecule has 27 heavy (non-hydrogen) atoms. The smallest absolute Gasteiger partial charge is 0.277 e. The number of amides is 2. The molecule has 5 rings (SSSR count). The van der Waals surface area contributed by atoms with Crippen molar-refractivity contribution in [2.24, 2.45) is 0 Å². The number of aromatic hydroxyl groups is 1. The Hall–Kier alpha value is -3.87. The van der Waals surface area contributed by atoms with E-state index in [1.165, 1.54) is 13.2 Å². The van der Waals surface area contributed by atoms with Gasteiger partial charge in [-0.2, -0.15) is 0 Å². The van der Waals surface area contributed by atoms with Gasteiger partial charge in [0.1, 0.15) is 5.69 Å². The minimum absolute atomic E-state index is 0.00298. The highest BCUT2D eigenvalue weighted by Gasteiger charge is 2.33. The van der Waals surface area contributed by atoms with Gasteiger partial charge in [-0.25, -0.2) is 4.98 Å². The van der Waals surface area contributed by atoms with Gasteiger partial charge >= 0.3 is 0 Å². The molecule has 0 fully saturated rings. The maximum absolute atomic E-state index is 12.4. The van der Waals surface area contributed by atoms with E-state index >= 15 is 0 Å². The van der Waals surface area contributed by atoms with E-state index in [0.29, 0.717) is 27.9 Å². The second-order valence-electron chi connectivity index (χ2n) is 6.27. The SMILES string of the molecule is COc1cc(-c2nc3c(c4c2[nH]c2ccccc24)C(=O)NC3=O)ccc1O. The van der Waals surface area contributed by atoms with E-state index in [1.54, 1.807) is 12.1 Å². The molecule has 1 aliphatic rings. The number of phenols is 1. The first kappa shape index (κ1) is 15.4. The van der Waals surface area contributed by atoms with Gasteiger partial charge in [0, 0.05) is 21.9 Å². The Bertz CT molecular complexity index is 1290. The number of rotatable bonds is 2. The highest BCUT2D eigenvalue weighted by molar-refractivity contribution is 6.30. The summed E-state index contributed by atoms with van der Waals surface area (Å²) in [5.74, 6) is -0.677. The molecule has 0 aliphatic carbocycles. The molecule has 0 saturated heterocycles. The molecule has 2 aromatic heterocycles. The molecule has 7 heteroatoms. The molecule has 2 aromatic carbocycles. The standard InChI is InChI=1S/C20H13N3O4/c1-27-13-8-9(6-7-12(13)24)16-17-14(10-4-2-3-5-11(10)21-17)15-18(22-16)20(26)23-19(15)25/h2-8,21,24H,1H3,(H,23,25,26). The number of benzene rings is 2. The second kappa shape index (κ2) is 5.31. The van der Waals surface area contributed by atoms with Gasteiger partial charge in [0.15, 0.2) is 11.5 Å². The van der Waals surface area contributed by atoms with Crippen molar-refractivity contribution in [2.45, 2.75) is 0 Å². The van der Waals surface area contributed by atoms with Crippen LogP contribution in [0.5, 0.6) is 11.5 Å². The first-order valence-corrected chi connectivity index (χ1v) is 8.26. The number of para-hydroxylation sites is 1. The van der Waals surface area contributed by atoms with E-state index < -0.39 is 11.8 Å². The number of phenolic OH excluding ortho intramolecular Hbond substituents is 1. The Kier molecular flexibility index (Phi) is 3.03. The van der Waals surface area contributed by atoms with Crippen molar-refractivity contribution in [1.82, 2.24) is 15.3 Å². The fraction of sp³-hybridized carbons (Fsp3) is 0.0500. The number of nitrogens with zero attached hydrogens (tertiary/aromatic N) is 1. The molecule has 4 aromatic rings. The Morgan fingerprint density at radius 2 is 1.85 bits per heavy atom. The van der Waals surface area contributed by atoms with Crippen LogP contribution in [-0.4, -0.2) is 34.0 Å².